The number of ketones is 1. The maximum Gasteiger partial charge on any atom is 0.192 e. The number of benzene rings is 1. The minimum atomic E-state index is 0.162. The molecule has 3 rings (SSSR count). The number of likely N-dealkylation sites (tertiary alicyclic amines) is 1. The van der Waals surface area contributed by atoms with E-state index >= 15 is 0 Å². The fourth-order valence-electron chi connectivity index (χ4n) is 3.33. The van der Waals surface area contributed by atoms with Gasteiger partial charge in [0, 0.05) is 12.2 Å². The van der Waals surface area contributed by atoms with E-state index in [2.05, 4.69) is 22.0 Å². The summed E-state index contributed by atoms with van der Waals surface area (Å²) in [6.45, 7) is 1.44. The third kappa shape index (κ3) is 3.82. The summed E-state index contributed by atoms with van der Waals surface area (Å²) in [5.74, 6) is 1.03. The monoisotopic (exact) mass is 312 g/mol. The summed E-state index contributed by atoms with van der Waals surface area (Å²) in [5.41, 5.74) is 1.97. The number of carbonyl (C=O) groups is 1. The molecule has 1 aliphatic heterocycles. The predicted molar refractivity (Wildman–Crippen MR) is 90.9 cm³/mol. The van der Waals surface area contributed by atoms with Crippen LogP contribution in [-0.2, 0) is 0 Å². The Labute approximate surface area is 137 Å². The normalized spacial score (nSPS) is 19.3. The van der Waals surface area contributed by atoms with Gasteiger partial charge in [0.05, 0.1) is 19.3 Å². The summed E-state index contributed by atoms with van der Waals surface area (Å²) >= 11 is 0. The predicted octanol–water partition coefficient (Wildman–Crippen LogP) is 3.82. The Hall–Kier alpha value is -2.07. The number of carbonyl (C=O) groups excluding carboxylic acids is 1. The van der Waals surface area contributed by atoms with Crippen molar-refractivity contribution in [1.29, 1.82) is 0 Å². The average Bonchev–Trinajstić information content (AvgIpc) is 3.03. The third-order valence-corrected chi connectivity index (χ3v) is 4.61. The lowest BCUT2D eigenvalue weighted by molar-refractivity contribution is 0.0888. The lowest BCUT2D eigenvalue weighted by Gasteiger charge is -2.29. The molecule has 1 aromatic heterocycles. The Morgan fingerprint density at radius 2 is 2.04 bits per heavy atom. The maximum atomic E-state index is 12.5. The number of hydrogen-bond donors (Lipinski definition) is 1. The molecule has 0 bridgehead atoms. The summed E-state index contributed by atoms with van der Waals surface area (Å²) in [6.07, 6.45) is 6.51. The first kappa shape index (κ1) is 15.8. The van der Waals surface area contributed by atoms with Crippen molar-refractivity contribution in [2.24, 2.45) is 0 Å². The number of ether oxygens (including phenoxy) is 1. The average molecular weight is 312 g/mol. The second-order valence-electron chi connectivity index (χ2n) is 6.12. The maximum absolute atomic E-state index is 12.5. The van der Waals surface area contributed by atoms with Crippen LogP contribution in [0.4, 0.5) is 0 Å². The number of H-pyrrole nitrogens is 1. The van der Waals surface area contributed by atoms with Crippen molar-refractivity contribution in [3.8, 4) is 5.75 Å². The Morgan fingerprint density at radius 1 is 1.22 bits per heavy atom. The van der Waals surface area contributed by atoms with E-state index in [9.17, 15) is 4.79 Å². The van der Waals surface area contributed by atoms with Crippen LogP contribution in [0, 0.1) is 0 Å². The Balaban J connectivity index is 1.77. The van der Waals surface area contributed by atoms with Gasteiger partial charge in [0.2, 0.25) is 0 Å². The molecular weight excluding hydrogens is 288 g/mol. The fraction of sp³-hybridized carbons (Fsp3) is 0.421. The van der Waals surface area contributed by atoms with E-state index in [4.69, 9.17) is 4.74 Å². The second-order valence-corrected chi connectivity index (χ2v) is 6.12. The molecule has 0 amide bonds. The number of nitrogens with zero attached hydrogens (tertiary/aromatic N) is 1. The third-order valence-electron chi connectivity index (χ3n) is 4.61. The smallest absolute Gasteiger partial charge is 0.192 e. The van der Waals surface area contributed by atoms with Crippen molar-refractivity contribution in [3.05, 3.63) is 53.9 Å². The molecule has 1 aliphatic rings. The first-order chi connectivity index (χ1) is 11.3. The molecule has 1 saturated heterocycles. The summed E-state index contributed by atoms with van der Waals surface area (Å²) < 4.78 is 5.25. The number of aromatic nitrogens is 1. The molecule has 0 radical (unpaired) electrons. The highest BCUT2D eigenvalue weighted by molar-refractivity contribution is 5.95. The van der Waals surface area contributed by atoms with Crippen LogP contribution >= 0.6 is 0 Å². The van der Waals surface area contributed by atoms with E-state index in [1.807, 2.05) is 24.3 Å². The molecular formula is C19H24N2O2. The highest BCUT2D eigenvalue weighted by atomic mass is 16.5. The van der Waals surface area contributed by atoms with Crippen molar-refractivity contribution in [1.82, 2.24) is 9.88 Å². The first-order valence-corrected chi connectivity index (χ1v) is 8.32. The first-order valence-electron chi connectivity index (χ1n) is 8.32. The van der Waals surface area contributed by atoms with Crippen LogP contribution in [0.25, 0.3) is 0 Å². The molecule has 1 aromatic carbocycles. The molecule has 23 heavy (non-hydrogen) atoms. The van der Waals surface area contributed by atoms with Crippen LogP contribution in [0.1, 0.15) is 47.8 Å². The molecule has 2 aromatic rings. The summed E-state index contributed by atoms with van der Waals surface area (Å²) in [7, 11) is 1.68. The van der Waals surface area contributed by atoms with Crippen molar-refractivity contribution in [2.75, 3.05) is 20.2 Å². The zero-order valence-electron chi connectivity index (χ0n) is 13.6. The summed E-state index contributed by atoms with van der Waals surface area (Å²) in [4.78, 5) is 17.8. The Kier molecular flexibility index (Phi) is 5.13. The van der Waals surface area contributed by atoms with Gasteiger partial charge in [-0.3, -0.25) is 9.69 Å². The highest BCUT2D eigenvalue weighted by Crippen LogP contribution is 2.31. The van der Waals surface area contributed by atoms with Gasteiger partial charge in [0.1, 0.15) is 5.75 Å². The van der Waals surface area contributed by atoms with Gasteiger partial charge in [-0.1, -0.05) is 25.0 Å². The minimum Gasteiger partial charge on any atom is -0.497 e. The van der Waals surface area contributed by atoms with Gasteiger partial charge >= 0.3 is 0 Å². The van der Waals surface area contributed by atoms with E-state index in [1.165, 1.54) is 18.4 Å². The Bertz CT molecular complexity index is 619. The van der Waals surface area contributed by atoms with Crippen molar-refractivity contribution >= 4 is 5.78 Å². The largest absolute Gasteiger partial charge is 0.497 e. The number of methoxy groups -OCH3 is 1. The van der Waals surface area contributed by atoms with Crippen molar-refractivity contribution in [2.45, 2.75) is 31.7 Å². The van der Waals surface area contributed by atoms with Crippen LogP contribution in [0.15, 0.2) is 42.6 Å². The molecule has 1 fully saturated rings. The number of rotatable bonds is 5. The zero-order chi connectivity index (χ0) is 16.1. The standard InChI is InChI=1S/C19H24N2O2/c1-23-16-10-8-15(9-11-16)18-7-3-2-4-13-21(18)14-19(22)17-6-5-12-20-17/h5-6,8-12,18,20H,2-4,7,13-14H2,1H3. The van der Waals surface area contributed by atoms with E-state index in [-0.39, 0.29) is 5.78 Å². The van der Waals surface area contributed by atoms with Gasteiger partial charge in [-0.25, -0.2) is 0 Å². The molecule has 122 valence electrons. The molecule has 0 spiro atoms. The molecule has 1 N–H and O–H groups in total. The summed E-state index contributed by atoms with van der Waals surface area (Å²) in [5, 5.41) is 0. The molecule has 2 heterocycles. The van der Waals surface area contributed by atoms with Crippen LogP contribution in [0.3, 0.4) is 0 Å². The van der Waals surface area contributed by atoms with Gasteiger partial charge in [-0.05, 0) is 49.2 Å². The number of aromatic amines is 1. The van der Waals surface area contributed by atoms with E-state index in [1.54, 1.807) is 13.3 Å². The summed E-state index contributed by atoms with van der Waals surface area (Å²) in [6, 6.07) is 12.3. The van der Waals surface area contributed by atoms with Gasteiger partial charge in [0.15, 0.2) is 5.78 Å². The molecule has 0 aliphatic carbocycles. The Morgan fingerprint density at radius 3 is 2.74 bits per heavy atom. The van der Waals surface area contributed by atoms with Gasteiger partial charge in [-0.15, -0.1) is 0 Å². The van der Waals surface area contributed by atoms with Crippen molar-refractivity contribution in [3.63, 3.8) is 0 Å². The van der Waals surface area contributed by atoms with Crippen LogP contribution in [-0.4, -0.2) is 35.9 Å². The molecule has 1 atom stereocenters. The number of hydrogen-bond acceptors (Lipinski definition) is 3. The SMILES string of the molecule is COc1ccc(C2CCCCCN2CC(=O)c2ccc[nH]2)cc1. The fourth-order valence-corrected chi connectivity index (χ4v) is 3.33. The number of Topliss-reactive ketones (excluding diaryl/α,β-unsaturated/α-hetero) is 1. The molecule has 1 unspecified atom stereocenters. The molecule has 0 saturated carbocycles. The van der Waals surface area contributed by atoms with Gasteiger partial charge in [-0.2, -0.15) is 0 Å². The lowest BCUT2D eigenvalue weighted by Crippen LogP contribution is -2.33. The highest BCUT2D eigenvalue weighted by Gasteiger charge is 2.25. The van der Waals surface area contributed by atoms with Crippen LogP contribution in [0.5, 0.6) is 5.75 Å². The van der Waals surface area contributed by atoms with Gasteiger partial charge in [0.25, 0.3) is 0 Å². The van der Waals surface area contributed by atoms with E-state index in [0.29, 0.717) is 18.3 Å². The quantitative estimate of drug-likeness (QED) is 0.854. The van der Waals surface area contributed by atoms with Crippen LogP contribution in [0.2, 0.25) is 0 Å². The number of nitrogens with one attached hydrogen (secondary N) is 1. The minimum absolute atomic E-state index is 0.162. The van der Waals surface area contributed by atoms with Gasteiger partial charge < -0.3 is 9.72 Å². The lowest BCUT2D eigenvalue weighted by atomic mass is 10.0. The van der Waals surface area contributed by atoms with Crippen molar-refractivity contribution < 1.29 is 9.53 Å². The van der Waals surface area contributed by atoms with Crippen LogP contribution < -0.4 is 4.74 Å². The van der Waals surface area contributed by atoms with E-state index in [0.717, 1.165) is 25.1 Å². The topological polar surface area (TPSA) is 45.3 Å². The zero-order valence-corrected chi connectivity index (χ0v) is 13.6. The second kappa shape index (κ2) is 7.47. The molecule has 4 nitrogen and oxygen atoms in total. The van der Waals surface area contributed by atoms with E-state index < -0.39 is 0 Å². The molecule has 4 heteroatoms.